The first-order valence-electron chi connectivity index (χ1n) is 8.55. The zero-order valence-corrected chi connectivity index (χ0v) is 14.7. The number of carbonyl (C=O) groups excluding carboxylic acids is 2. The minimum absolute atomic E-state index is 0.100. The van der Waals surface area contributed by atoms with Crippen LogP contribution in [0.3, 0.4) is 0 Å². The van der Waals surface area contributed by atoms with Crippen molar-refractivity contribution in [3.05, 3.63) is 71.3 Å². The maximum absolute atomic E-state index is 12.2. The largest absolute Gasteiger partial charge is 0.415 e. The van der Waals surface area contributed by atoms with Crippen molar-refractivity contribution >= 4 is 18.0 Å². The molecule has 1 fully saturated rings. The maximum atomic E-state index is 12.2. The van der Waals surface area contributed by atoms with Gasteiger partial charge in [-0.1, -0.05) is 35.9 Å². The van der Waals surface area contributed by atoms with Crippen LogP contribution in [0.25, 0.3) is 6.08 Å². The number of benzene rings is 2. The summed E-state index contributed by atoms with van der Waals surface area (Å²) in [5.74, 6) is 0.317. The smallest absolute Gasteiger partial charge is 0.410 e. The van der Waals surface area contributed by atoms with Crippen LogP contribution >= 0.6 is 0 Å². The van der Waals surface area contributed by atoms with E-state index in [1.165, 1.54) is 5.56 Å². The second-order valence-electron chi connectivity index (χ2n) is 6.10. The van der Waals surface area contributed by atoms with Crippen LogP contribution < -0.4 is 4.74 Å². The molecule has 0 bridgehead atoms. The number of hydrogen-bond acceptors (Lipinski definition) is 4. The number of hydrogen-bond donors (Lipinski definition) is 0. The normalized spacial score (nSPS) is 14.4. The van der Waals surface area contributed by atoms with E-state index in [0.29, 0.717) is 37.6 Å². The Balaban J connectivity index is 1.58. The standard InChI is InChI=1S/C21H21NO4/c1-16-2-4-17(5-3-16)6-11-20(23)18-7-9-19(10-8-18)26-21(24)22-12-14-25-15-13-22/h2-11H,12-15H2,1H3/b11-6+. The fraction of sp³-hybridized carbons (Fsp3) is 0.238. The van der Waals surface area contributed by atoms with E-state index in [1.807, 2.05) is 31.2 Å². The van der Waals surface area contributed by atoms with Crippen molar-refractivity contribution in [2.24, 2.45) is 0 Å². The summed E-state index contributed by atoms with van der Waals surface area (Å²) in [4.78, 5) is 25.9. The first-order valence-corrected chi connectivity index (χ1v) is 8.55. The summed E-state index contributed by atoms with van der Waals surface area (Å²) in [5, 5.41) is 0. The zero-order chi connectivity index (χ0) is 18.4. The van der Waals surface area contributed by atoms with Crippen LogP contribution in [0.2, 0.25) is 0 Å². The van der Waals surface area contributed by atoms with Crippen LogP contribution in [-0.4, -0.2) is 43.1 Å². The zero-order valence-electron chi connectivity index (χ0n) is 14.7. The number of allylic oxidation sites excluding steroid dienone is 1. The van der Waals surface area contributed by atoms with Gasteiger partial charge in [0.25, 0.3) is 0 Å². The molecule has 5 heteroatoms. The molecule has 1 aliphatic rings. The number of aryl methyl sites for hydroxylation is 1. The Hall–Kier alpha value is -2.92. The summed E-state index contributed by atoms with van der Waals surface area (Å²) < 4.78 is 10.5. The summed E-state index contributed by atoms with van der Waals surface area (Å²) in [7, 11) is 0. The Morgan fingerprint density at radius 3 is 2.31 bits per heavy atom. The van der Waals surface area contributed by atoms with Gasteiger partial charge < -0.3 is 14.4 Å². The predicted octanol–water partition coefficient (Wildman–Crippen LogP) is 3.72. The van der Waals surface area contributed by atoms with Gasteiger partial charge in [0.05, 0.1) is 13.2 Å². The summed E-state index contributed by atoms with van der Waals surface area (Å²) in [6, 6.07) is 14.5. The maximum Gasteiger partial charge on any atom is 0.415 e. The number of ketones is 1. The second kappa shape index (κ2) is 8.45. The molecule has 0 N–H and O–H groups in total. The summed E-state index contributed by atoms with van der Waals surface area (Å²) in [5.41, 5.74) is 2.69. The highest BCUT2D eigenvalue weighted by molar-refractivity contribution is 6.06. The van der Waals surface area contributed by atoms with Gasteiger partial charge in [-0.3, -0.25) is 4.79 Å². The molecular weight excluding hydrogens is 330 g/mol. The lowest BCUT2D eigenvalue weighted by Gasteiger charge is -2.25. The van der Waals surface area contributed by atoms with E-state index in [9.17, 15) is 9.59 Å². The average molecular weight is 351 g/mol. The third-order valence-electron chi connectivity index (χ3n) is 4.12. The van der Waals surface area contributed by atoms with Gasteiger partial charge in [-0.2, -0.15) is 0 Å². The monoisotopic (exact) mass is 351 g/mol. The Labute approximate surface area is 152 Å². The van der Waals surface area contributed by atoms with Crippen LogP contribution in [0.4, 0.5) is 4.79 Å². The second-order valence-corrected chi connectivity index (χ2v) is 6.10. The predicted molar refractivity (Wildman–Crippen MR) is 99.4 cm³/mol. The van der Waals surface area contributed by atoms with Crippen molar-refractivity contribution in [3.63, 3.8) is 0 Å². The molecule has 0 spiro atoms. The van der Waals surface area contributed by atoms with Crippen molar-refractivity contribution in [1.82, 2.24) is 4.90 Å². The molecule has 2 aromatic rings. The van der Waals surface area contributed by atoms with Crippen LogP contribution in [0, 0.1) is 6.92 Å². The van der Waals surface area contributed by atoms with Crippen LogP contribution in [-0.2, 0) is 4.74 Å². The molecule has 1 aliphatic heterocycles. The van der Waals surface area contributed by atoms with E-state index in [1.54, 1.807) is 41.3 Å². The molecule has 2 aromatic carbocycles. The minimum atomic E-state index is -0.397. The molecule has 1 saturated heterocycles. The van der Waals surface area contributed by atoms with Crippen molar-refractivity contribution in [2.75, 3.05) is 26.3 Å². The SMILES string of the molecule is Cc1ccc(/C=C/C(=O)c2ccc(OC(=O)N3CCOCC3)cc2)cc1. The van der Waals surface area contributed by atoms with Crippen molar-refractivity contribution < 1.29 is 19.1 Å². The first kappa shape index (κ1) is 17.9. The summed E-state index contributed by atoms with van der Waals surface area (Å²) in [6.07, 6.45) is 2.93. The van der Waals surface area contributed by atoms with Gasteiger partial charge in [0, 0.05) is 18.7 Å². The minimum Gasteiger partial charge on any atom is -0.410 e. The van der Waals surface area contributed by atoms with Crippen molar-refractivity contribution in [1.29, 1.82) is 0 Å². The molecule has 0 saturated carbocycles. The third-order valence-corrected chi connectivity index (χ3v) is 4.12. The van der Waals surface area contributed by atoms with E-state index < -0.39 is 6.09 Å². The Morgan fingerprint density at radius 2 is 1.65 bits per heavy atom. The average Bonchev–Trinajstić information content (AvgIpc) is 2.68. The molecule has 0 unspecified atom stereocenters. The molecular formula is C21H21NO4. The van der Waals surface area contributed by atoms with Crippen LogP contribution in [0.1, 0.15) is 21.5 Å². The van der Waals surface area contributed by atoms with Gasteiger partial charge in [-0.25, -0.2) is 4.79 Å². The topological polar surface area (TPSA) is 55.8 Å². The molecule has 0 radical (unpaired) electrons. The molecule has 3 rings (SSSR count). The lowest BCUT2D eigenvalue weighted by Crippen LogP contribution is -2.42. The Morgan fingerprint density at radius 1 is 1.00 bits per heavy atom. The molecule has 0 atom stereocenters. The molecule has 0 aliphatic carbocycles. The molecule has 1 amide bonds. The first-order chi connectivity index (χ1) is 12.6. The number of rotatable bonds is 4. The molecule has 26 heavy (non-hydrogen) atoms. The van der Waals surface area contributed by atoms with Gasteiger partial charge in [0.15, 0.2) is 5.78 Å². The quantitative estimate of drug-likeness (QED) is 0.622. The van der Waals surface area contributed by atoms with Gasteiger partial charge in [-0.15, -0.1) is 0 Å². The van der Waals surface area contributed by atoms with Gasteiger partial charge in [-0.05, 0) is 42.8 Å². The highest BCUT2D eigenvalue weighted by Crippen LogP contribution is 2.15. The van der Waals surface area contributed by atoms with E-state index in [2.05, 4.69) is 0 Å². The van der Waals surface area contributed by atoms with E-state index >= 15 is 0 Å². The van der Waals surface area contributed by atoms with Gasteiger partial charge in [0.2, 0.25) is 0 Å². The molecule has 1 heterocycles. The number of morpholine rings is 1. The number of nitrogens with zero attached hydrogens (tertiary/aromatic N) is 1. The van der Waals surface area contributed by atoms with E-state index in [-0.39, 0.29) is 5.78 Å². The van der Waals surface area contributed by atoms with Crippen molar-refractivity contribution in [3.8, 4) is 5.75 Å². The number of carbonyl (C=O) groups is 2. The Kier molecular flexibility index (Phi) is 5.81. The van der Waals surface area contributed by atoms with Gasteiger partial charge >= 0.3 is 6.09 Å². The molecule has 0 aromatic heterocycles. The van der Waals surface area contributed by atoms with E-state index in [0.717, 1.165) is 5.56 Å². The number of ether oxygens (including phenoxy) is 2. The third kappa shape index (κ3) is 4.80. The highest BCUT2D eigenvalue weighted by Gasteiger charge is 2.18. The van der Waals surface area contributed by atoms with Crippen LogP contribution in [0.15, 0.2) is 54.6 Å². The van der Waals surface area contributed by atoms with Crippen LogP contribution in [0.5, 0.6) is 5.75 Å². The molecule has 134 valence electrons. The lowest BCUT2D eigenvalue weighted by molar-refractivity contribution is 0.0416. The summed E-state index contributed by atoms with van der Waals surface area (Å²) in [6.45, 7) is 4.12. The van der Waals surface area contributed by atoms with Gasteiger partial charge in [0.1, 0.15) is 5.75 Å². The van der Waals surface area contributed by atoms with E-state index in [4.69, 9.17) is 9.47 Å². The summed E-state index contributed by atoms with van der Waals surface area (Å²) >= 11 is 0. The van der Waals surface area contributed by atoms with Crippen molar-refractivity contribution in [2.45, 2.75) is 6.92 Å². The highest BCUT2D eigenvalue weighted by atomic mass is 16.6. The lowest BCUT2D eigenvalue weighted by atomic mass is 10.1. The fourth-order valence-electron chi connectivity index (χ4n) is 2.54. The molecule has 5 nitrogen and oxygen atoms in total. The Bertz CT molecular complexity index is 788. The fourth-order valence-corrected chi connectivity index (χ4v) is 2.54. The number of amides is 1.